The van der Waals surface area contributed by atoms with Gasteiger partial charge in [0.15, 0.2) is 0 Å². The summed E-state index contributed by atoms with van der Waals surface area (Å²) in [5, 5.41) is 19.0. The lowest BCUT2D eigenvalue weighted by Crippen LogP contribution is -2.28. The summed E-state index contributed by atoms with van der Waals surface area (Å²) in [6, 6.07) is 0. The minimum absolute atomic E-state index is 0.0219. The third-order valence-corrected chi connectivity index (χ3v) is 1.70. The Hall–Kier alpha value is -1.26. The van der Waals surface area contributed by atoms with Crippen LogP contribution in [-0.2, 0) is 4.79 Å². The molecule has 0 aliphatic heterocycles. The van der Waals surface area contributed by atoms with Gasteiger partial charge in [0.2, 0.25) is 0 Å². The molecule has 0 aromatic carbocycles. The summed E-state index contributed by atoms with van der Waals surface area (Å²) in [5.74, 6) is -0.982. The van der Waals surface area contributed by atoms with Crippen LogP contribution in [0, 0.1) is 5.92 Å². The highest BCUT2D eigenvalue weighted by molar-refractivity contribution is 5.67. The van der Waals surface area contributed by atoms with Crippen LogP contribution in [-0.4, -0.2) is 28.8 Å². The third kappa shape index (κ3) is 7.11. The van der Waals surface area contributed by atoms with Crippen molar-refractivity contribution in [3.05, 3.63) is 0 Å². The maximum atomic E-state index is 10.4. The number of carboxylic acid groups (broad SMARTS) is 2. The minimum atomic E-state index is -1.11. The molecule has 1 amide bonds. The highest BCUT2D eigenvalue weighted by Gasteiger charge is 2.12. The molecule has 0 fully saturated rings. The Morgan fingerprint density at radius 3 is 2.38 bits per heavy atom. The van der Waals surface area contributed by atoms with Crippen LogP contribution >= 0.6 is 0 Å². The fourth-order valence-corrected chi connectivity index (χ4v) is 1.16. The van der Waals surface area contributed by atoms with Crippen LogP contribution in [0.2, 0.25) is 0 Å². The number of hydrogen-bond acceptors (Lipinski definition) is 2. The summed E-state index contributed by atoms with van der Waals surface area (Å²) in [7, 11) is 0. The van der Waals surface area contributed by atoms with E-state index in [1.54, 1.807) is 0 Å². The molecule has 0 aromatic heterocycles. The topological polar surface area (TPSA) is 86.6 Å². The molecule has 0 heterocycles. The first-order valence-electron chi connectivity index (χ1n) is 4.24. The molecular formula is C8H15NO4. The van der Waals surface area contributed by atoms with Gasteiger partial charge in [-0.1, -0.05) is 13.3 Å². The van der Waals surface area contributed by atoms with Gasteiger partial charge in [-0.3, -0.25) is 4.79 Å². The summed E-state index contributed by atoms with van der Waals surface area (Å²) >= 11 is 0. The van der Waals surface area contributed by atoms with Gasteiger partial charge in [0.1, 0.15) is 0 Å². The lowest BCUT2D eigenvalue weighted by molar-refractivity contribution is -0.138. The Morgan fingerprint density at radius 1 is 1.38 bits per heavy atom. The van der Waals surface area contributed by atoms with Crippen LogP contribution in [0.4, 0.5) is 4.79 Å². The van der Waals surface area contributed by atoms with E-state index in [2.05, 4.69) is 5.32 Å². The van der Waals surface area contributed by atoms with E-state index in [1.807, 2.05) is 6.92 Å². The van der Waals surface area contributed by atoms with Crippen LogP contribution < -0.4 is 5.32 Å². The van der Waals surface area contributed by atoms with Crippen molar-refractivity contribution in [2.24, 2.45) is 5.92 Å². The lowest BCUT2D eigenvalue weighted by Gasteiger charge is -2.12. The summed E-state index contributed by atoms with van der Waals surface area (Å²) in [6.07, 6.45) is 0.506. The first-order chi connectivity index (χ1) is 6.06. The van der Waals surface area contributed by atoms with Crippen molar-refractivity contribution in [3.63, 3.8) is 0 Å². The molecule has 0 saturated heterocycles. The SMILES string of the molecule is CCC[C@@H](CNC(=O)O)CC(=O)O. The quantitative estimate of drug-likeness (QED) is 0.584. The second-order valence-electron chi connectivity index (χ2n) is 2.94. The molecule has 5 nitrogen and oxygen atoms in total. The zero-order chi connectivity index (χ0) is 10.3. The Bertz CT molecular complexity index is 181. The monoisotopic (exact) mass is 189 g/mol. The van der Waals surface area contributed by atoms with Crippen molar-refractivity contribution >= 4 is 12.1 Å². The van der Waals surface area contributed by atoms with E-state index in [4.69, 9.17) is 10.2 Å². The van der Waals surface area contributed by atoms with Crippen molar-refractivity contribution in [2.75, 3.05) is 6.54 Å². The highest BCUT2D eigenvalue weighted by atomic mass is 16.4. The van der Waals surface area contributed by atoms with Crippen molar-refractivity contribution in [1.82, 2.24) is 5.32 Å². The molecule has 0 radical (unpaired) electrons. The van der Waals surface area contributed by atoms with Gasteiger partial charge in [0, 0.05) is 13.0 Å². The van der Waals surface area contributed by atoms with E-state index in [-0.39, 0.29) is 18.9 Å². The largest absolute Gasteiger partial charge is 0.481 e. The van der Waals surface area contributed by atoms with E-state index < -0.39 is 12.1 Å². The molecule has 0 aliphatic rings. The van der Waals surface area contributed by atoms with Gasteiger partial charge in [-0.2, -0.15) is 0 Å². The van der Waals surface area contributed by atoms with Gasteiger partial charge in [0.25, 0.3) is 0 Å². The Balaban J connectivity index is 3.79. The van der Waals surface area contributed by atoms with Crippen LogP contribution in [0.5, 0.6) is 0 Å². The molecule has 0 aromatic rings. The van der Waals surface area contributed by atoms with Crippen LogP contribution in [0.25, 0.3) is 0 Å². The van der Waals surface area contributed by atoms with Gasteiger partial charge < -0.3 is 15.5 Å². The summed E-state index contributed by atoms with van der Waals surface area (Å²) in [5.41, 5.74) is 0. The first kappa shape index (κ1) is 11.7. The number of hydrogen-bond donors (Lipinski definition) is 3. The second kappa shape index (κ2) is 6.28. The standard InChI is InChI=1S/C8H15NO4/c1-2-3-6(4-7(10)11)5-9-8(12)13/h6,9H,2-5H2,1H3,(H,10,11)(H,12,13)/t6-/m1/s1. The number of carbonyl (C=O) groups is 2. The van der Waals surface area contributed by atoms with Gasteiger partial charge >= 0.3 is 12.1 Å². The minimum Gasteiger partial charge on any atom is -0.481 e. The van der Waals surface area contributed by atoms with E-state index in [0.29, 0.717) is 0 Å². The maximum Gasteiger partial charge on any atom is 0.404 e. The average Bonchev–Trinajstić information content (AvgIpc) is 1.99. The smallest absolute Gasteiger partial charge is 0.404 e. The number of carboxylic acids is 1. The molecule has 1 atom stereocenters. The number of rotatable bonds is 6. The van der Waals surface area contributed by atoms with Gasteiger partial charge in [-0.25, -0.2) is 4.79 Å². The second-order valence-corrected chi connectivity index (χ2v) is 2.94. The van der Waals surface area contributed by atoms with Crippen LogP contribution in [0.15, 0.2) is 0 Å². The summed E-state index contributed by atoms with van der Waals surface area (Å²) in [4.78, 5) is 20.5. The number of amides is 1. The van der Waals surface area contributed by atoms with Gasteiger partial charge in [-0.05, 0) is 12.3 Å². The van der Waals surface area contributed by atoms with Crippen molar-refractivity contribution < 1.29 is 19.8 Å². The predicted molar refractivity (Wildman–Crippen MR) is 46.7 cm³/mol. The Labute approximate surface area is 76.8 Å². The summed E-state index contributed by atoms with van der Waals surface area (Å²) < 4.78 is 0. The highest BCUT2D eigenvalue weighted by Crippen LogP contribution is 2.09. The van der Waals surface area contributed by atoms with E-state index in [9.17, 15) is 9.59 Å². The molecule has 0 spiro atoms. The zero-order valence-corrected chi connectivity index (χ0v) is 7.62. The molecule has 0 aliphatic carbocycles. The molecule has 13 heavy (non-hydrogen) atoms. The predicted octanol–water partition coefficient (Wildman–Crippen LogP) is 1.15. The molecule has 3 N–H and O–H groups in total. The summed E-state index contributed by atoms with van der Waals surface area (Å²) in [6.45, 7) is 2.16. The van der Waals surface area contributed by atoms with Gasteiger partial charge in [0.05, 0.1) is 0 Å². The first-order valence-corrected chi connectivity index (χ1v) is 4.24. The molecule has 0 unspecified atom stereocenters. The maximum absolute atomic E-state index is 10.4. The van der Waals surface area contributed by atoms with Crippen LogP contribution in [0.3, 0.4) is 0 Å². The average molecular weight is 189 g/mol. The molecule has 5 heteroatoms. The van der Waals surface area contributed by atoms with Crippen molar-refractivity contribution in [3.8, 4) is 0 Å². The molecule has 0 bridgehead atoms. The van der Waals surface area contributed by atoms with Crippen LogP contribution in [0.1, 0.15) is 26.2 Å². The Morgan fingerprint density at radius 2 is 2.00 bits per heavy atom. The molecule has 76 valence electrons. The number of aliphatic carboxylic acids is 1. The van der Waals surface area contributed by atoms with Crippen molar-refractivity contribution in [2.45, 2.75) is 26.2 Å². The lowest BCUT2D eigenvalue weighted by atomic mass is 10.00. The fourth-order valence-electron chi connectivity index (χ4n) is 1.16. The van der Waals surface area contributed by atoms with E-state index >= 15 is 0 Å². The third-order valence-electron chi connectivity index (χ3n) is 1.70. The molecular weight excluding hydrogens is 174 g/mol. The number of nitrogens with one attached hydrogen (secondary N) is 1. The normalized spacial score (nSPS) is 12.1. The molecule has 0 saturated carbocycles. The van der Waals surface area contributed by atoms with E-state index in [0.717, 1.165) is 12.8 Å². The Kier molecular flexibility index (Phi) is 5.67. The zero-order valence-electron chi connectivity index (χ0n) is 7.62. The fraction of sp³-hybridized carbons (Fsp3) is 0.750. The van der Waals surface area contributed by atoms with Crippen molar-refractivity contribution in [1.29, 1.82) is 0 Å². The van der Waals surface area contributed by atoms with E-state index in [1.165, 1.54) is 0 Å². The van der Waals surface area contributed by atoms with Gasteiger partial charge in [-0.15, -0.1) is 0 Å². The molecule has 0 rings (SSSR count).